The largest absolute Gasteiger partial charge is 0.466 e. The summed E-state index contributed by atoms with van der Waals surface area (Å²) in [5, 5.41) is 0. The van der Waals surface area contributed by atoms with Gasteiger partial charge in [0.25, 0.3) is 11.8 Å². The molecule has 20 heavy (non-hydrogen) atoms. The van der Waals surface area contributed by atoms with E-state index in [1.165, 1.54) is 11.3 Å². The van der Waals surface area contributed by atoms with Crippen molar-refractivity contribution in [1.29, 1.82) is 0 Å². The van der Waals surface area contributed by atoms with Gasteiger partial charge in [-0.1, -0.05) is 0 Å². The Morgan fingerprint density at radius 1 is 1.10 bits per heavy atom. The van der Waals surface area contributed by atoms with E-state index in [-0.39, 0.29) is 11.8 Å². The van der Waals surface area contributed by atoms with Crippen LogP contribution in [0.2, 0.25) is 0 Å². The fourth-order valence-electron chi connectivity index (χ4n) is 1.80. The molecular formula is C13H13BrN2O3S. The zero-order valence-corrected chi connectivity index (χ0v) is 13.6. The maximum absolute atomic E-state index is 12.0. The number of hydrazine groups is 1. The number of halogens is 1. The summed E-state index contributed by atoms with van der Waals surface area (Å²) in [5.41, 5.74) is 6.00. The Morgan fingerprint density at radius 2 is 1.75 bits per heavy atom. The number of furan rings is 1. The Bertz CT molecular complexity index is 675. The van der Waals surface area contributed by atoms with Gasteiger partial charge in [-0.05, 0) is 48.8 Å². The van der Waals surface area contributed by atoms with Crippen molar-refractivity contribution in [3.8, 4) is 0 Å². The summed E-state index contributed by atoms with van der Waals surface area (Å²) in [7, 11) is 0. The maximum atomic E-state index is 12.0. The topological polar surface area (TPSA) is 71.3 Å². The van der Waals surface area contributed by atoms with E-state index in [0.29, 0.717) is 22.0 Å². The molecule has 2 aromatic rings. The van der Waals surface area contributed by atoms with Crippen molar-refractivity contribution < 1.29 is 14.0 Å². The summed E-state index contributed by atoms with van der Waals surface area (Å²) in [4.78, 5) is 24.4. The highest BCUT2D eigenvalue weighted by molar-refractivity contribution is 9.11. The highest BCUT2D eigenvalue weighted by Gasteiger charge is 2.19. The predicted molar refractivity (Wildman–Crippen MR) is 79.9 cm³/mol. The molecule has 0 aliphatic carbocycles. The van der Waals surface area contributed by atoms with E-state index in [4.69, 9.17) is 4.42 Å². The molecule has 2 aromatic heterocycles. The zero-order valence-electron chi connectivity index (χ0n) is 11.2. The monoisotopic (exact) mass is 356 g/mol. The number of carbonyl (C=O) groups is 2. The molecule has 0 saturated carbocycles. The second-order valence-electron chi connectivity index (χ2n) is 4.23. The van der Waals surface area contributed by atoms with Gasteiger partial charge in [-0.25, -0.2) is 0 Å². The predicted octanol–water partition coefficient (Wildman–Crippen LogP) is 3.10. The number of carbonyl (C=O) groups excluding carboxylic acids is 2. The normalized spacial score (nSPS) is 10.4. The van der Waals surface area contributed by atoms with Crippen molar-refractivity contribution in [3.05, 3.63) is 43.4 Å². The lowest BCUT2D eigenvalue weighted by molar-refractivity contribution is 0.0847. The Hall–Kier alpha value is -1.60. The summed E-state index contributed by atoms with van der Waals surface area (Å²) in [6.45, 7) is 5.31. The van der Waals surface area contributed by atoms with Crippen molar-refractivity contribution in [3.63, 3.8) is 0 Å². The van der Waals surface area contributed by atoms with Gasteiger partial charge in [0.15, 0.2) is 0 Å². The molecule has 0 fully saturated rings. The fourth-order valence-corrected chi connectivity index (χ4v) is 3.08. The van der Waals surface area contributed by atoms with E-state index >= 15 is 0 Å². The molecule has 0 aromatic carbocycles. The molecule has 106 valence electrons. The third-order valence-electron chi connectivity index (χ3n) is 2.87. The molecule has 0 aliphatic heterocycles. The van der Waals surface area contributed by atoms with Crippen LogP contribution in [0.1, 0.15) is 37.1 Å². The minimum Gasteiger partial charge on any atom is -0.466 e. The number of nitrogens with one attached hydrogen (secondary N) is 2. The summed E-state index contributed by atoms with van der Waals surface area (Å²) >= 11 is 4.57. The molecule has 7 heteroatoms. The lowest BCUT2D eigenvalue weighted by Crippen LogP contribution is -2.41. The Balaban J connectivity index is 2.04. The van der Waals surface area contributed by atoms with Crippen LogP contribution in [0.3, 0.4) is 0 Å². The summed E-state index contributed by atoms with van der Waals surface area (Å²) in [6.07, 6.45) is 0. The minimum absolute atomic E-state index is 0.357. The molecule has 2 N–H and O–H groups in total. The molecule has 0 aliphatic rings. The lowest BCUT2D eigenvalue weighted by Gasteiger charge is -2.06. The molecule has 0 unspecified atom stereocenters. The van der Waals surface area contributed by atoms with E-state index in [0.717, 1.165) is 9.35 Å². The van der Waals surface area contributed by atoms with Gasteiger partial charge in [0.2, 0.25) is 0 Å². The number of aryl methyl sites for hydroxylation is 2. The molecule has 2 amide bonds. The van der Waals surface area contributed by atoms with Crippen LogP contribution in [0.5, 0.6) is 0 Å². The first-order valence-electron chi connectivity index (χ1n) is 5.82. The zero-order chi connectivity index (χ0) is 14.9. The van der Waals surface area contributed by atoms with E-state index in [1.54, 1.807) is 32.9 Å². The summed E-state index contributed by atoms with van der Waals surface area (Å²) in [6, 6.07) is 3.45. The highest BCUT2D eigenvalue weighted by Crippen LogP contribution is 2.22. The van der Waals surface area contributed by atoms with Crippen LogP contribution in [0, 0.1) is 20.8 Å². The molecular weight excluding hydrogens is 344 g/mol. The highest BCUT2D eigenvalue weighted by atomic mass is 79.9. The molecule has 0 bridgehead atoms. The SMILES string of the molecule is Cc1oc(C)c(C(=O)NNC(=O)c2ccc(Br)s2)c1C. The summed E-state index contributed by atoms with van der Waals surface area (Å²) in [5.74, 6) is 0.483. The lowest BCUT2D eigenvalue weighted by atomic mass is 10.1. The van der Waals surface area contributed by atoms with Gasteiger partial charge in [-0.2, -0.15) is 0 Å². The Labute approximate surface area is 128 Å². The van der Waals surface area contributed by atoms with Gasteiger partial charge in [0.1, 0.15) is 11.5 Å². The first-order valence-corrected chi connectivity index (χ1v) is 7.43. The maximum Gasteiger partial charge on any atom is 0.279 e. The van der Waals surface area contributed by atoms with Crippen LogP contribution in [0.4, 0.5) is 0 Å². The molecule has 0 atom stereocenters. The second kappa shape index (κ2) is 5.80. The van der Waals surface area contributed by atoms with E-state index in [1.807, 2.05) is 0 Å². The molecule has 0 saturated heterocycles. The quantitative estimate of drug-likeness (QED) is 0.812. The number of hydrogen-bond acceptors (Lipinski definition) is 4. The number of rotatable bonds is 2. The van der Waals surface area contributed by atoms with Gasteiger partial charge in [-0.3, -0.25) is 20.4 Å². The first kappa shape index (κ1) is 14.8. The van der Waals surface area contributed by atoms with Crippen molar-refractivity contribution in [2.24, 2.45) is 0 Å². The Kier molecular flexibility index (Phi) is 4.29. The van der Waals surface area contributed by atoms with Crippen LogP contribution >= 0.6 is 27.3 Å². The van der Waals surface area contributed by atoms with Crippen molar-refractivity contribution >= 4 is 39.1 Å². The van der Waals surface area contributed by atoms with E-state index < -0.39 is 0 Å². The molecule has 5 nitrogen and oxygen atoms in total. The Morgan fingerprint density at radius 3 is 2.25 bits per heavy atom. The van der Waals surface area contributed by atoms with Crippen LogP contribution in [-0.4, -0.2) is 11.8 Å². The second-order valence-corrected chi connectivity index (χ2v) is 6.69. The number of hydrogen-bond donors (Lipinski definition) is 2. The average molecular weight is 357 g/mol. The number of thiophene rings is 1. The van der Waals surface area contributed by atoms with Crippen molar-refractivity contribution in [2.75, 3.05) is 0 Å². The van der Waals surface area contributed by atoms with Gasteiger partial charge < -0.3 is 4.42 Å². The third-order valence-corrected chi connectivity index (χ3v) is 4.50. The first-order chi connectivity index (χ1) is 9.40. The smallest absolute Gasteiger partial charge is 0.279 e. The van der Waals surface area contributed by atoms with E-state index in [9.17, 15) is 9.59 Å². The van der Waals surface area contributed by atoms with Crippen LogP contribution in [0.25, 0.3) is 0 Å². The summed E-state index contributed by atoms with van der Waals surface area (Å²) < 4.78 is 6.24. The van der Waals surface area contributed by atoms with Gasteiger partial charge in [-0.15, -0.1) is 11.3 Å². The fraction of sp³-hybridized carbons (Fsp3) is 0.231. The molecule has 0 radical (unpaired) electrons. The van der Waals surface area contributed by atoms with Crippen LogP contribution in [-0.2, 0) is 0 Å². The minimum atomic E-state index is -0.388. The van der Waals surface area contributed by atoms with Crippen LogP contribution < -0.4 is 10.9 Å². The van der Waals surface area contributed by atoms with Crippen LogP contribution in [0.15, 0.2) is 20.3 Å². The molecule has 2 rings (SSSR count). The third kappa shape index (κ3) is 2.94. The van der Waals surface area contributed by atoms with E-state index in [2.05, 4.69) is 26.8 Å². The average Bonchev–Trinajstić information content (AvgIpc) is 2.91. The molecule has 2 heterocycles. The number of amides is 2. The van der Waals surface area contributed by atoms with Gasteiger partial charge in [0.05, 0.1) is 14.2 Å². The van der Waals surface area contributed by atoms with Crippen molar-refractivity contribution in [1.82, 2.24) is 10.9 Å². The van der Waals surface area contributed by atoms with Gasteiger partial charge >= 0.3 is 0 Å². The standard InChI is InChI=1S/C13H13BrN2O3S/c1-6-7(2)19-8(3)11(6)13(18)16-15-12(17)9-4-5-10(14)20-9/h4-5H,1-3H3,(H,15,17)(H,16,18). The van der Waals surface area contributed by atoms with Gasteiger partial charge in [0, 0.05) is 5.56 Å². The molecule has 0 spiro atoms. The van der Waals surface area contributed by atoms with Crippen molar-refractivity contribution in [2.45, 2.75) is 20.8 Å².